The van der Waals surface area contributed by atoms with Crippen molar-refractivity contribution in [3.8, 4) is 0 Å². The number of nitrogens with zero attached hydrogens (tertiary/aromatic N) is 3. The third kappa shape index (κ3) is 4.37. The minimum absolute atomic E-state index is 0.0219. The molecule has 0 spiro atoms. The molecular weight excluding hydrogens is 312 g/mol. The molecule has 0 bridgehead atoms. The van der Waals surface area contributed by atoms with Gasteiger partial charge in [0, 0.05) is 18.8 Å². The van der Waals surface area contributed by atoms with Gasteiger partial charge < -0.3 is 15.1 Å². The second-order valence-electron chi connectivity index (χ2n) is 6.70. The first kappa shape index (κ1) is 17.4. The van der Waals surface area contributed by atoms with Crippen molar-refractivity contribution in [2.75, 3.05) is 43.9 Å². The lowest BCUT2D eigenvalue weighted by Crippen LogP contribution is -2.35. The van der Waals surface area contributed by atoms with Gasteiger partial charge in [-0.15, -0.1) is 0 Å². The Bertz CT molecular complexity index is 712. The maximum absolute atomic E-state index is 12.8. The van der Waals surface area contributed by atoms with Crippen LogP contribution in [0.25, 0.3) is 0 Å². The lowest BCUT2D eigenvalue weighted by atomic mass is 10.0. The number of nitrogens with one attached hydrogen (secondary N) is 1. The van der Waals surface area contributed by atoms with Crippen molar-refractivity contribution in [3.05, 3.63) is 53.9 Å². The summed E-state index contributed by atoms with van der Waals surface area (Å²) < 4.78 is 0. The highest BCUT2D eigenvalue weighted by Gasteiger charge is 2.23. The van der Waals surface area contributed by atoms with Gasteiger partial charge in [0.2, 0.25) is 0 Å². The predicted molar refractivity (Wildman–Crippen MR) is 102 cm³/mol. The van der Waals surface area contributed by atoms with Crippen LogP contribution in [0.5, 0.6) is 0 Å². The van der Waals surface area contributed by atoms with E-state index >= 15 is 0 Å². The fraction of sp³-hybridized carbons (Fsp3) is 0.400. The second-order valence-corrected chi connectivity index (χ2v) is 6.70. The Kier molecular flexibility index (Phi) is 5.66. The molecule has 0 aliphatic carbocycles. The molecule has 0 fully saturated rings. The fourth-order valence-electron chi connectivity index (χ4n) is 3.14. The first-order chi connectivity index (χ1) is 12.1. The molecule has 1 aromatic carbocycles. The first-order valence-corrected chi connectivity index (χ1v) is 8.89. The molecule has 0 saturated heterocycles. The van der Waals surface area contributed by atoms with Crippen molar-refractivity contribution in [1.29, 1.82) is 0 Å². The van der Waals surface area contributed by atoms with Crippen LogP contribution in [0.1, 0.15) is 28.9 Å². The molecule has 25 heavy (non-hydrogen) atoms. The number of carbonyl (C=O) groups is 1. The Balaban J connectivity index is 1.64. The number of para-hydroxylation sites is 1. The van der Waals surface area contributed by atoms with Crippen LogP contribution in [-0.4, -0.2) is 49.5 Å². The van der Waals surface area contributed by atoms with Crippen molar-refractivity contribution < 1.29 is 4.79 Å². The number of pyridine rings is 1. The summed E-state index contributed by atoms with van der Waals surface area (Å²) in [6.45, 7) is 2.69. The molecule has 132 valence electrons. The number of amides is 1. The van der Waals surface area contributed by atoms with Crippen LogP contribution in [0.4, 0.5) is 11.4 Å². The quantitative estimate of drug-likeness (QED) is 0.823. The van der Waals surface area contributed by atoms with E-state index in [-0.39, 0.29) is 5.91 Å². The number of hydrogen-bond acceptors (Lipinski definition) is 4. The molecule has 5 heteroatoms. The van der Waals surface area contributed by atoms with E-state index in [1.807, 2.05) is 35.2 Å². The zero-order valence-electron chi connectivity index (χ0n) is 15.0. The van der Waals surface area contributed by atoms with Gasteiger partial charge in [0.15, 0.2) is 0 Å². The summed E-state index contributed by atoms with van der Waals surface area (Å²) in [5.41, 5.74) is 3.71. The van der Waals surface area contributed by atoms with Crippen LogP contribution in [0, 0.1) is 0 Å². The van der Waals surface area contributed by atoms with Gasteiger partial charge in [0.1, 0.15) is 5.69 Å². The van der Waals surface area contributed by atoms with Crippen LogP contribution in [-0.2, 0) is 6.42 Å². The summed E-state index contributed by atoms with van der Waals surface area (Å²) >= 11 is 0. The lowest BCUT2D eigenvalue weighted by molar-refractivity contribution is 0.0980. The van der Waals surface area contributed by atoms with Gasteiger partial charge in [-0.05, 0) is 63.7 Å². The Hall–Kier alpha value is -2.40. The van der Waals surface area contributed by atoms with Crippen LogP contribution in [0.15, 0.2) is 42.6 Å². The number of benzene rings is 1. The molecule has 0 unspecified atom stereocenters. The maximum atomic E-state index is 12.8. The van der Waals surface area contributed by atoms with Gasteiger partial charge in [-0.2, -0.15) is 0 Å². The molecule has 0 radical (unpaired) electrons. The number of anilines is 2. The Morgan fingerprint density at radius 3 is 2.84 bits per heavy atom. The van der Waals surface area contributed by atoms with Gasteiger partial charge in [0.25, 0.3) is 5.91 Å². The summed E-state index contributed by atoms with van der Waals surface area (Å²) in [5, 5.41) is 3.35. The van der Waals surface area contributed by atoms with Crippen molar-refractivity contribution in [2.24, 2.45) is 0 Å². The summed E-state index contributed by atoms with van der Waals surface area (Å²) in [6.07, 6.45) is 4.84. The molecule has 2 heterocycles. The van der Waals surface area contributed by atoms with E-state index in [1.54, 1.807) is 6.20 Å². The van der Waals surface area contributed by atoms with Gasteiger partial charge in [-0.3, -0.25) is 4.79 Å². The number of hydrogen-bond donors (Lipinski definition) is 1. The van der Waals surface area contributed by atoms with Crippen molar-refractivity contribution in [1.82, 2.24) is 9.88 Å². The highest BCUT2D eigenvalue weighted by Crippen LogP contribution is 2.27. The van der Waals surface area contributed by atoms with E-state index in [4.69, 9.17) is 0 Å². The Morgan fingerprint density at radius 2 is 2.08 bits per heavy atom. The van der Waals surface area contributed by atoms with E-state index < -0.39 is 0 Å². The van der Waals surface area contributed by atoms with Crippen molar-refractivity contribution in [3.63, 3.8) is 0 Å². The van der Waals surface area contributed by atoms with E-state index in [9.17, 15) is 4.79 Å². The normalized spacial score (nSPS) is 13.6. The summed E-state index contributed by atoms with van der Waals surface area (Å²) in [7, 11) is 4.14. The zero-order chi connectivity index (χ0) is 17.6. The predicted octanol–water partition coefficient (Wildman–Crippen LogP) is 3.04. The average molecular weight is 338 g/mol. The van der Waals surface area contributed by atoms with Crippen molar-refractivity contribution >= 4 is 17.3 Å². The number of carbonyl (C=O) groups excluding carboxylic acids is 1. The second kappa shape index (κ2) is 8.12. The first-order valence-electron chi connectivity index (χ1n) is 8.89. The Labute approximate surface area is 149 Å². The van der Waals surface area contributed by atoms with E-state index in [1.165, 1.54) is 5.56 Å². The van der Waals surface area contributed by atoms with E-state index in [2.05, 4.69) is 35.4 Å². The number of aryl methyl sites for hydroxylation is 1. The molecule has 5 nitrogen and oxygen atoms in total. The van der Waals surface area contributed by atoms with Gasteiger partial charge in [0.05, 0.1) is 11.9 Å². The smallest absolute Gasteiger partial charge is 0.276 e. The summed E-state index contributed by atoms with van der Waals surface area (Å²) in [5.74, 6) is -0.0219. The van der Waals surface area contributed by atoms with Gasteiger partial charge in [-0.1, -0.05) is 18.2 Å². The third-order valence-electron chi connectivity index (χ3n) is 4.45. The van der Waals surface area contributed by atoms with Gasteiger partial charge >= 0.3 is 0 Å². The standard InChI is InChI=1S/C20H26N4O/c1-23(2)13-6-12-21-17-10-11-18(22-15-17)20(25)24-14-5-8-16-7-3-4-9-19(16)24/h3-4,7,9-11,15,21H,5-6,8,12-14H2,1-2H3. The molecule has 0 saturated carbocycles. The molecule has 2 aromatic rings. The summed E-state index contributed by atoms with van der Waals surface area (Å²) in [4.78, 5) is 21.2. The number of fused-ring (bicyclic) bond motifs is 1. The van der Waals surface area contributed by atoms with Crippen LogP contribution < -0.4 is 10.2 Å². The number of rotatable bonds is 6. The van der Waals surface area contributed by atoms with E-state index in [0.717, 1.165) is 50.3 Å². The average Bonchev–Trinajstić information content (AvgIpc) is 2.64. The SMILES string of the molecule is CN(C)CCCNc1ccc(C(=O)N2CCCc3ccccc32)nc1. The Morgan fingerprint density at radius 1 is 1.24 bits per heavy atom. The highest BCUT2D eigenvalue weighted by molar-refractivity contribution is 6.05. The molecule has 0 atom stereocenters. The molecule has 1 N–H and O–H groups in total. The lowest BCUT2D eigenvalue weighted by Gasteiger charge is -2.29. The molecule has 1 aromatic heterocycles. The molecule has 3 rings (SSSR count). The maximum Gasteiger partial charge on any atom is 0.276 e. The molecule has 1 aliphatic heterocycles. The van der Waals surface area contributed by atoms with Gasteiger partial charge in [-0.25, -0.2) is 4.98 Å². The fourth-order valence-corrected chi connectivity index (χ4v) is 3.14. The largest absolute Gasteiger partial charge is 0.384 e. The van der Waals surface area contributed by atoms with E-state index in [0.29, 0.717) is 5.69 Å². The summed E-state index contributed by atoms with van der Waals surface area (Å²) in [6, 6.07) is 11.9. The van der Waals surface area contributed by atoms with Crippen molar-refractivity contribution in [2.45, 2.75) is 19.3 Å². The minimum atomic E-state index is -0.0219. The zero-order valence-corrected chi connectivity index (χ0v) is 15.0. The van der Waals surface area contributed by atoms with Crippen LogP contribution in [0.2, 0.25) is 0 Å². The molecule has 1 aliphatic rings. The third-order valence-corrected chi connectivity index (χ3v) is 4.45. The molecule has 1 amide bonds. The highest BCUT2D eigenvalue weighted by atomic mass is 16.2. The molecular formula is C20H26N4O. The van der Waals surface area contributed by atoms with Crippen LogP contribution in [0.3, 0.4) is 0 Å². The monoisotopic (exact) mass is 338 g/mol. The number of aromatic nitrogens is 1. The minimum Gasteiger partial charge on any atom is -0.384 e. The topological polar surface area (TPSA) is 48.5 Å². The van der Waals surface area contributed by atoms with Crippen LogP contribution >= 0.6 is 0 Å².